The fraction of sp³-hybridized carbons (Fsp3) is 0.0455. The van der Waals surface area contributed by atoms with Crippen molar-refractivity contribution in [2.75, 3.05) is 0 Å². The van der Waals surface area contributed by atoms with E-state index >= 15 is 8.78 Å². The number of aromatic nitrogens is 5. The highest BCUT2D eigenvalue weighted by Crippen LogP contribution is 2.34. The Balaban J connectivity index is 1.68. The first-order chi connectivity index (χ1) is 14.5. The van der Waals surface area contributed by atoms with E-state index in [0.29, 0.717) is 11.4 Å². The lowest BCUT2D eigenvalue weighted by atomic mass is 10.1. The third-order valence-electron chi connectivity index (χ3n) is 4.29. The molecule has 0 N–H and O–H groups in total. The van der Waals surface area contributed by atoms with Crippen LogP contribution in [0.3, 0.4) is 0 Å². The quantitative estimate of drug-likeness (QED) is 0.310. The van der Waals surface area contributed by atoms with E-state index in [1.165, 1.54) is 17.4 Å². The number of hydrogen-bond donors (Lipinski definition) is 0. The maximum Gasteiger partial charge on any atom is 0.333 e. The van der Waals surface area contributed by atoms with Gasteiger partial charge < -0.3 is 0 Å². The highest BCUT2D eigenvalue weighted by atomic mass is 32.1. The van der Waals surface area contributed by atoms with Crippen LogP contribution in [0.15, 0.2) is 78.5 Å². The topological polar surface area (TPSA) is 56.0 Å². The summed E-state index contributed by atoms with van der Waals surface area (Å²) >= 11 is 1.46. The highest BCUT2D eigenvalue weighted by Gasteiger charge is 2.40. The summed E-state index contributed by atoms with van der Waals surface area (Å²) in [5.74, 6) is -4.10. The minimum absolute atomic E-state index is 0.224. The van der Waals surface area contributed by atoms with Crippen molar-refractivity contribution in [3.05, 3.63) is 95.6 Å². The Morgan fingerprint density at radius 2 is 2.03 bits per heavy atom. The molecule has 0 unspecified atom stereocenters. The highest BCUT2D eigenvalue weighted by molar-refractivity contribution is 7.13. The average molecular weight is 419 g/mol. The molecule has 8 heteroatoms. The molecule has 148 valence electrons. The fourth-order valence-corrected chi connectivity index (χ4v) is 3.41. The zero-order chi connectivity index (χ0) is 21.1. The molecule has 0 spiro atoms. The fourth-order valence-electron chi connectivity index (χ4n) is 2.72. The molecule has 0 aromatic carbocycles. The first kappa shape index (κ1) is 19.6. The lowest BCUT2D eigenvalue weighted by Crippen LogP contribution is -2.20. The van der Waals surface area contributed by atoms with Crippen LogP contribution in [0, 0.1) is 0 Å². The molecule has 0 amide bonds. The van der Waals surface area contributed by atoms with Crippen molar-refractivity contribution in [3.8, 4) is 10.6 Å². The second kappa shape index (κ2) is 7.94. The number of alkyl halides is 2. The van der Waals surface area contributed by atoms with Crippen LogP contribution in [0.25, 0.3) is 28.4 Å². The van der Waals surface area contributed by atoms with E-state index in [-0.39, 0.29) is 5.65 Å². The number of thiophene rings is 1. The van der Waals surface area contributed by atoms with Gasteiger partial charge in [-0.15, -0.1) is 27.3 Å². The zero-order valence-corrected chi connectivity index (χ0v) is 16.5. The van der Waals surface area contributed by atoms with E-state index in [1.807, 2.05) is 23.6 Å². The number of rotatable bonds is 6. The van der Waals surface area contributed by atoms with Gasteiger partial charge in [-0.25, -0.2) is 0 Å². The number of nitrogens with zero attached hydrogens (tertiary/aromatic N) is 5. The normalized spacial score (nSPS) is 11.1. The smallest absolute Gasteiger partial charge is 0.256 e. The zero-order valence-electron chi connectivity index (χ0n) is 15.7. The Kier molecular flexibility index (Phi) is 5.18. The number of pyridine rings is 1. The van der Waals surface area contributed by atoms with Gasteiger partial charge in [-0.1, -0.05) is 31.4 Å². The van der Waals surface area contributed by atoms with Crippen LogP contribution in [0.4, 0.5) is 8.78 Å². The number of allylic oxidation sites excluding steroid dienone is 2. The molecule has 5 nitrogen and oxygen atoms in total. The van der Waals surface area contributed by atoms with Gasteiger partial charge in [-0.2, -0.15) is 18.4 Å². The van der Waals surface area contributed by atoms with Crippen LogP contribution in [-0.2, 0) is 5.92 Å². The van der Waals surface area contributed by atoms with Crippen LogP contribution in [0.2, 0.25) is 0 Å². The third kappa shape index (κ3) is 3.61. The molecular formula is C22H15F2N5S. The maximum absolute atomic E-state index is 15.1. The second-order valence-corrected chi connectivity index (χ2v) is 7.17. The standard InChI is InChI=1S/C22H15F2N5S/c1-3-16-8-5-13-25-17(16)9-4-7-15(2)22(23,24)21-27-26-20-12-11-18(28-29(20)21)19-10-6-14-30-19/h3,5-14H,1-2H2. The summed E-state index contributed by atoms with van der Waals surface area (Å²) in [6.07, 6.45) is 5.82. The summed E-state index contributed by atoms with van der Waals surface area (Å²) in [4.78, 5) is 5.03. The largest absolute Gasteiger partial charge is 0.333 e. The van der Waals surface area contributed by atoms with Gasteiger partial charge in [-0.3, -0.25) is 4.98 Å². The molecule has 0 aliphatic carbocycles. The predicted octanol–water partition coefficient (Wildman–Crippen LogP) is 5.41. The van der Waals surface area contributed by atoms with Gasteiger partial charge in [0.1, 0.15) is 5.69 Å². The average Bonchev–Trinajstić information content (AvgIpc) is 3.43. The Hall–Kier alpha value is -3.74. The Bertz CT molecular complexity index is 1300. The van der Waals surface area contributed by atoms with Gasteiger partial charge in [0, 0.05) is 23.4 Å². The molecule has 0 aliphatic rings. The van der Waals surface area contributed by atoms with E-state index in [2.05, 4.69) is 39.2 Å². The summed E-state index contributed by atoms with van der Waals surface area (Å²) in [5, 5.41) is 13.7. The minimum Gasteiger partial charge on any atom is -0.256 e. The van der Waals surface area contributed by atoms with Gasteiger partial charge in [0.2, 0.25) is 5.82 Å². The van der Waals surface area contributed by atoms with E-state index < -0.39 is 17.3 Å². The SMILES string of the molecule is C=Cc1cccnc1C=C=CC(=C)C(F)(F)c1nnc2ccc(-c3cccs3)nn12. The van der Waals surface area contributed by atoms with E-state index in [0.717, 1.165) is 21.0 Å². The summed E-state index contributed by atoms with van der Waals surface area (Å²) in [6.45, 7) is 7.20. The summed E-state index contributed by atoms with van der Waals surface area (Å²) < 4.78 is 31.2. The first-order valence-electron chi connectivity index (χ1n) is 8.84. The number of hydrogen-bond acceptors (Lipinski definition) is 5. The van der Waals surface area contributed by atoms with Crippen LogP contribution in [-0.4, -0.2) is 24.8 Å². The molecule has 4 aromatic rings. The predicted molar refractivity (Wildman–Crippen MR) is 114 cm³/mol. The lowest BCUT2D eigenvalue weighted by molar-refractivity contribution is 0.0303. The van der Waals surface area contributed by atoms with Gasteiger partial charge in [0.05, 0.1) is 10.6 Å². The summed E-state index contributed by atoms with van der Waals surface area (Å²) in [5.41, 5.74) is 4.33. The molecule has 0 bridgehead atoms. The minimum atomic E-state index is -3.49. The van der Waals surface area contributed by atoms with Crippen molar-refractivity contribution in [2.24, 2.45) is 0 Å². The molecule has 4 heterocycles. The number of halogens is 2. The van der Waals surface area contributed by atoms with Crippen LogP contribution >= 0.6 is 11.3 Å². The monoisotopic (exact) mass is 419 g/mol. The first-order valence-corrected chi connectivity index (χ1v) is 9.72. The maximum atomic E-state index is 15.1. The van der Waals surface area contributed by atoms with Crippen LogP contribution in [0.5, 0.6) is 0 Å². The lowest BCUT2D eigenvalue weighted by Gasteiger charge is -2.13. The Morgan fingerprint density at radius 1 is 1.17 bits per heavy atom. The molecule has 0 saturated carbocycles. The molecule has 0 fully saturated rings. The molecule has 4 aromatic heterocycles. The van der Waals surface area contributed by atoms with Gasteiger partial charge in [0.25, 0.3) is 0 Å². The van der Waals surface area contributed by atoms with Crippen LogP contribution < -0.4 is 0 Å². The van der Waals surface area contributed by atoms with Crippen molar-refractivity contribution in [2.45, 2.75) is 5.92 Å². The number of fused-ring (bicyclic) bond motifs is 1. The van der Waals surface area contributed by atoms with Crippen molar-refractivity contribution < 1.29 is 8.78 Å². The van der Waals surface area contributed by atoms with Crippen molar-refractivity contribution in [3.63, 3.8) is 0 Å². The van der Waals surface area contributed by atoms with Gasteiger partial charge in [0.15, 0.2) is 5.65 Å². The molecule has 4 rings (SSSR count). The molecule has 0 radical (unpaired) electrons. The van der Waals surface area contributed by atoms with Gasteiger partial charge in [-0.05, 0) is 35.7 Å². The van der Waals surface area contributed by atoms with Gasteiger partial charge >= 0.3 is 5.92 Å². The molecule has 0 aliphatic heterocycles. The summed E-state index contributed by atoms with van der Waals surface area (Å²) in [7, 11) is 0. The molecule has 0 atom stereocenters. The van der Waals surface area contributed by atoms with Crippen LogP contribution in [0.1, 0.15) is 17.1 Å². The molecular weight excluding hydrogens is 404 g/mol. The van der Waals surface area contributed by atoms with E-state index in [1.54, 1.807) is 30.5 Å². The third-order valence-corrected chi connectivity index (χ3v) is 5.18. The van der Waals surface area contributed by atoms with Crippen molar-refractivity contribution >= 4 is 29.1 Å². The molecule has 30 heavy (non-hydrogen) atoms. The van der Waals surface area contributed by atoms with E-state index in [9.17, 15) is 0 Å². The summed E-state index contributed by atoms with van der Waals surface area (Å²) in [6, 6.07) is 10.6. The van der Waals surface area contributed by atoms with Crippen molar-refractivity contribution in [1.82, 2.24) is 24.8 Å². The second-order valence-electron chi connectivity index (χ2n) is 6.23. The Morgan fingerprint density at radius 3 is 2.80 bits per heavy atom. The van der Waals surface area contributed by atoms with E-state index in [4.69, 9.17) is 0 Å². The Labute approximate surface area is 175 Å². The van der Waals surface area contributed by atoms with Crippen molar-refractivity contribution in [1.29, 1.82) is 0 Å². The molecule has 0 saturated heterocycles.